The number of aliphatic hydroxyl groups excluding tert-OH is 3. The molecule has 19 heavy (non-hydrogen) atoms. The molecule has 2 aromatic heterocycles. The Morgan fingerprint density at radius 2 is 2.21 bits per heavy atom. The van der Waals surface area contributed by atoms with E-state index in [1.54, 1.807) is 0 Å². The van der Waals surface area contributed by atoms with Crippen molar-refractivity contribution in [3.63, 3.8) is 0 Å². The molecular formula is C9H11N5O5. The van der Waals surface area contributed by atoms with E-state index in [0.717, 1.165) is 4.68 Å². The van der Waals surface area contributed by atoms with Crippen LogP contribution in [0.15, 0.2) is 11.1 Å². The van der Waals surface area contributed by atoms with E-state index in [-0.39, 0.29) is 11.2 Å². The predicted octanol–water partition coefficient (Wildman–Crippen LogP) is -2.87. The molecule has 0 radical (unpaired) electrons. The topological polar surface area (TPSA) is 146 Å². The van der Waals surface area contributed by atoms with E-state index in [0.29, 0.717) is 0 Å². The summed E-state index contributed by atoms with van der Waals surface area (Å²) in [6, 6.07) is 0. The number of hydrogen-bond acceptors (Lipinski definition) is 8. The highest BCUT2D eigenvalue weighted by molar-refractivity contribution is 5.67. The van der Waals surface area contributed by atoms with Gasteiger partial charge in [-0.2, -0.15) is 4.68 Å². The summed E-state index contributed by atoms with van der Waals surface area (Å²) in [6.45, 7) is -0.449. The van der Waals surface area contributed by atoms with Crippen molar-refractivity contribution in [2.45, 2.75) is 24.5 Å². The Labute approximate surface area is 105 Å². The third kappa shape index (κ3) is 1.73. The molecule has 102 valence electrons. The van der Waals surface area contributed by atoms with E-state index >= 15 is 0 Å². The minimum absolute atomic E-state index is 0.000221. The highest BCUT2D eigenvalue weighted by atomic mass is 16.6. The van der Waals surface area contributed by atoms with E-state index in [4.69, 9.17) is 9.84 Å². The molecule has 0 spiro atoms. The van der Waals surface area contributed by atoms with Crippen molar-refractivity contribution >= 4 is 11.2 Å². The Kier molecular flexibility index (Phi) is 2.78. The van der Waals surface area contributed by atoms with E-state index in [1.165, 1.54) is 6.33 Å². The molecule has 1 aliphatic heterocycles. The monoisotopic (exact) mass is 269 g/mol. The number of aromatic amines is 1. The van der Waals surface area contributed by atoms with Crippen LogP contribution >= 0.6 is 0 Å². The standard InChI is InChI=1S/C9H11N5O5/c15-1-3-5(16)6(17)9(19-3)14-7-4(12-13-14)8(18)11-2-10-7/h2-3,5-6,9,15-17H,1H2,(H,10,11,18)/t3-,5+,6-,9+/m0/s1. The molecule has 10 nitrogen and oxygen atoms in total. The SMILES string of the molecule is O=c1[nH]cnc2c1nnn2[C@@H]1O[C@@H](CO)[C@@H](O)[C@@H]1O. The van der Waals surface area contributed by atoms with E-state index in [9.17, 15) is 15.0 Å². The van der Waals surface area contributed by atoms with Crippen LogP contribution in [0.2, 0.25) is 0 Å². The number of rotatable bonds is 2. The number of ether oxygens (including phenoxy) is 1. The molecule has 0 bridgehead atoms. The minimum atomic E-state index is -1.30. The van der Waals surface area contributed by atoms with Gasteiger partial charge in [-0.05, 0) is 0 Å². The van der Waals surface area contributed by atoms with E-state index < -0.39 is 36.7 Å². The summed E-state index contributed by atoms with van der Waals surface area (Å²) in [5.74, 6) is 0. The Morgan fingerprint density at radius 3 is 2.89 bits per heavy atom. The van der Waals surface area contributed by atoms with Crippen LogP contribution in [0.5, 0.6) is 0 Å². The van der Waals surface area contributed by atoms with Gasteiger partial charge in [-0.3, -0.25) is 4.79 Å². The van der Waals surface area contributed by atoms with Crippen molar-refractivity contribution < 1.29 is 20.1 Å². The average molecular weight is 269 g/mol. The second-order valence-corrected chi connectivity index (χ2v) is 4.17. The molecule has 1 fully saturated rings. The zero-order valence-electron chi connectivity index (χ0n) is 9.54. The first-order valence-corrected chi connectivity index (χ1v) is 5.54. The minimum Gasteiger partial charge on any atom is -0.394 e. The molecule has 4 N–H and O–H groups in total. The molecule has 0 saturated carbocycles. The smallest absolute Gasteiger partial charge is 0.280 e. The molecule has 1 aliphatic rings. The van der Waals surface area contributed by atoms with Crippen molar-refractivity contribution in [1.82, 2.24) is 25.0 Å². The number of fused-ring (bicyclic) bond motifs is 1. The van der Waals surface area contributed by atoms with Gasteiger partial charge in [-0.1, -0.05) is 5.21 Å². The highest BCUT2D eigenvalue weighted by Crippen LogP contribution is 2.29. The van der Waals surface area contributed by atoms with Crippen LogP contribution in [0.3, 0.4) is 0 Å². The summed E-state index contributed by atoms with van der Waals surface area (Å²) in [7, 11) is 0. The van der Waals surface area contributed by atoms with Crippen LogP contribution in [0, 0.1) is 0 Å². The highest BCUT2D eigenvalue weighted by Gasteiger charge is 2.44. The number of nitrogens with one attached hydrogen (secondary N) is 1. The van der Waals surface area contributed by atoms with Gasteiger partial charge in [0.05, 0.1) is 12.9 Å². The maximum Gasteiger partial charge on any atom is 0.280 e. The molecule has 3 heterocycles. The van der Waals surface area contributed by atoms with Crippen LogP contribution in [-0.4, -0.2) is 65.2 Å². The van der Waals surface area contributed by atoms with Crippen molar-refractivity contribution in [2.75, 3.05) is 6.61 Å². The van der Waals surface area contributed by atoms with E-state index in [1.807, 2.05) is 0 Å². The van der Waals surface area contributed by atoms with Gasteiger partial charge in [0.1, 0.15) is 18.3 Å². The van der Waals surface area contributed by atoms with Crippen LogP contribution in [0.1, 0.15) is 6.23 Å². The average Bonchev–Trinajstić information content (AvgIpc) is 2.94. The largest absolute Gasteiger partial charge is 0.394 e. The summed E-state index contributed by atoms with van der Waals surface area (Å²) in [6.07, 6.45) is -3.38. The van der Waals surface area contributed by atoms with Crippen molar-refractivity contribution in [1.29, 1.82) is 0 Å². The van der Waals surface area contributed by atoms with Gasteiger partial charge in [-0.25, -0.2) is 4.98 Å². The third-order valence-corrected chi connectivity index (χ3v) is 3.03. The summed E-state index contributed by atoms with van der Waals surface area (Å²) in [4.78, 5) is 17.7. The molecule has 0 amide bonds. The second-order valence-electron chi connectivity index (χ2n) is 4.17. The zero-order chi connectivity index (χ0) is 13.6. The number of H-pyrrole nitrogens is 1. The van der Waals surface area contributed by atoms with Gasteiger partial charge in [-0.15, -0.1) is 5.10 Å². The predicted molar refractivity (Wildman–Crippen MR) is 59.0 cm³/mol. The molecule has 0 aromatic carbocycles. The lowest BCUT2D eigenvalue weighted by Crippen LogP contribution is -2.33. The maximum absolute atomic E-state index is 11.5. The number of nitrogens with zero attached hydrogens (tertiary/aromatic N) is 4. The Hall–Kier alpha value is -1.88. The molecule has 3 rings (SSSR count). The van der Waals surface area contributed by atoms with Crippen molar-refractivity contribution in [3.05, 3.63) is 16.7 Å². The van der Waals surface area contributed by atoms with Crippen LogP contribution in [-0.2, 0) is 4.74 Å². The summed E-state index contributed by atoms with van der Waals surface area (Å²) in [5, 5.41) is 35.9. The fourth-order valence-corrected chi connectivity index (χ4v) is 2.03. The van der Waals surface area contributed by atoms with Crippen LogP contribution < -0.4 is 5.56 Å². The second kappa shape index (κ2) is 4.35. The first-order valence-electron chi connectivity index (χ1n) is 5.54. The quantitative estimate of drug-likeness (QED) is 0.455. The maximum atomic E-state index is 11.5. The number of aliphatic hydroxyl groups is 3. The summed E-state index contributed by atoms with van der Waals surface area (Å²) >= 11 is 0. The fourth-order valence-electron chi connectivity index (χ4n) is 2.03. The van der Waals surface area contributed by atoms with Crippen molar-refractivity contribution in [2.24, 2.45) is 0 Å². The van der Waals surface area contributed by atoms with Gasteiger partial charge in [0, 0.05) is 0 Å². The Morgan fingerprint density at radius 1 is 1.42 bits per heavy atom. The van der Waals surface area contributed by atoms with Crippen LogP contribution in [0.4, 0.5) is 0 Å². The lowest BCUT2D eigenvalue weighted by molar-refractivity contribution is -0.0574. The lowest BCUT2D eigenvalue weighted by atomic mass is 10.1. The Balaban J connectivity index is 2.06. The van der Waals surface area contributed by atoms with Crippen LogP contribution in [0.25, 0.3) is 11.2 Å². The van der Waals surface area contributed by atoms with E-state index in [2.05, 4.69) is 20.3 Å². The van der Waals surface area contributed by atoms with Crippen molar-refractivity contribution in [3.8, 4) is 0 Å². The zero-order valence-corrected chi connectivity index (χ0v) is 9.54. The normalized spacial score (nSPS) is 31.1. The number of aromatic nitrogens is 5. The lowest BCUT2D eigenvalue weighted by Gasteiger charge is -2.14. The van der Waals surface area contributed by atoms with Gasteiger partial charge >= 0.3 is 0 Å². The first-order chi connectivity index (χ1) is 9.13. The third-order valence-electron chi connectivity index (χ3n) is 3.03. The molecule has 1 saturated heterocycles. The van der Waals surface area contributed by atoms with Gasteiger partial charge < -0.3 is 25.0 Å². The molecular weight excluding hydrogens is 258 g/mol. The van der Waals surface area contributed by atoms with Gasteiger partial charge in [0.2, 0.25) is 0 Å². The number of hydrogen-bond donors (Lipinski definition) is 4. The molecule has 0 aliphatic carbocycles. The fraction of sp³-hybridized carbons (Fsp3) is 0.556. The summed E-state index contributed by atoms with van der Waals surface area (Å²) in [5.41, 5.74) is -0.346. The molecule has 10 heteroatoms. The molecule has 4 atom stereocenters. The summed E-state index contributed by atoms with van der Waals surface area (Å²) < 4.78 is 6.39. The van der Waals surface area contributed by atoms with Gasteiger partial charge in [0.15, 0.2) is 17.4 Å². The van der Waals surface area contributed by atoms with Gasteiger partial charge in [0.25, 0.3) is 5.56 Å². The molecule has 0 unspecified atom stereocenters. The Bertz CT molecular complexity index is 654. The molecule has 2 aromatic rings. The first kappa shape index (κ1) is 12.2.